The topological polar surface area (TPSA) is 116 Å². The highest BCUT2D eigenvalue weighted by Crippen LogP contribution is 2.15. The lowest BCUT2D eigenvalue weighted by Crippen LogP contribution is -2.53. The highest BCUT2D eigenvalue weighted by atomic mass is 16.3. The van der Waals surface area contributed by atoms with Gasteiger partial charge in [0.1, 0.15) is 5.69 Å². The van der Waals surface area contributed by atoms with E-state index in [9.17, 15) is 9.90 Å². The zero-order valence-corrected chi connectivity index (χ0v) is 15.4. The molecule has 0 bridgehead atoms. The normalized spacial score (nSPS) is 20.2. The molecule has 0 unspecified atom stereocenters. The number of carbonyl (C=O) groups is 1. The fraction of sp³-hybridized carbons (Fsp3) is 0.500. The van der Waals surface area contributed by atoms with Crippen molar-refractivity contribution in [2.45, 2.75) is 38.5 Å². The quantitative estimate of drug-likeness (QED) is 0.643. The number of carbonyl (C=O) groups excluding carboxylic acids is 1. The first-order valence-electron chi connectivity index (χ1n) is 9.17. The average Bonchev–Trinajstić information content (AvgIpc) is 2.70. The van der Waals surface area contributed by atoms with Gasteiger partial charge < -0.3 is 15.7 Å². The van der Waals surface area contributed by atoms with Gasteiger partial charge in [0.2, 0.25) is 5.95 Å². The summed E-state index contributed by atoms with van der Waals surface area (Å²) in [7, 11) is 0. The zero-order valence-electron chi connectivity index (χ0n) is 15.4. The van der Waals surface area contributed by atoms with Crippen LogP contribution < -0.4 is 10.6 Å². The minimum Gasteiger partial charge on any atom is -0.390 e. The third kappa shape index (κ3) is 5.41. The number of nitrogens with zero attached hydrogens (tertiary/aromatic N) is 5. The average molecular weight is 371 g/mol. The number of anilines is 1. The Balaban J connectivity index is 1.49. The van der Waals surface area contributed by atoms with Crippen LogP contribution in [-0.2, 0) is 6.54 Å². The molecule has 3 rings (SSSR count). The van der Waals surface area contributed by atoms with Crippen LogP contribution in [-0.4, -0.2) is 67.6 Å². The van der Waals surface area contributed by atoms with Gasteiger partial charge in [-0.15, -0.1) is 0 Å². The molecule has 1 aliphatic heterocycles. The number of hydrogen-bond acceptors (Lipinski definition) is 8. The van der Waals surface area contributed by atoms with E-state index in [0.717, 1.165) is 25.1 Å². The van der Waals surface area contributed by atoms with E-state index in [0.29, 0.717) is 25.5 Å². The van der Waals surface area contributed by atoms with Gasteiger partial charge in [0.15, 0.2) is 0 Å². The largest absolute Gasteiger partial charge is 0.390 e. The predicted molar refractivity (Wildman–Crippen MR) is 100.0 cm³/mol. The molecule has 1 aliphatic rings. The van der Waals surface area contributed by atoms with Gasteiger partial charge >= 0.3 is 0 Å². The fourth-order valence-electron chi connectivity index (χ4n) is 2.99. The maximum absolute atomic E-state index is 12.2. The first-order chi connectivity index (χ1) is 13.2. The molecular formula is C18H25N7O2. The molecule has 0 spiro atoms. The molecule has 2 aromatic heterocycles. The Labute approximate surface area is 158 Å². The molecule has 3 N–H and O–H groups in total. The maximum Gasteiger partial charge on any atom is 0.271 e. The molecule has 1 fully saturated rings. The van der Waals surface area contributed by atoms with Crippen molar-refractivity contribution < 1.29 is 9.90 Å². The van der Waals surface area contributed by atoms with Crippen molar-refractivity contribution >= 4 is 11.9 Å². The van der Waals surface area contributed by atoms with Crippen LogP contribution in [0.25, 0.3) is 0 Å². The number of hydrogen-bond donors (Lipinski definition) is 3. The number of aromatic nitrogens is 4. The van der Waals surface area contributed by atoms with Crippen LogP contribution in [0.3, 0.4) is 0 Å². The van der Waals surface area contributed by atoms with Gasteiger partial charge in [0.25, 0.3) is 5.91 Å². The lowest BCUT2D eigenvalue weighted by atomic mass is 10.0. The van der Waals surface area contributed by atoms with Gasteiger partial charge in [-0.05, 0) is 12.8 Å². The van der Waals surface area contributed by atoms with Crippen molar-refractivity contribution in [1.29, 1.82) is 0 Å². The molecule has 0 aromatic carbocycles. The van der Waals surface area contributed by atoms with Gasteiger partial charge in [0.05, 0.1) is 18.3 Å². The zero-order chi connectivity index (χ0) is 19.1. The Morgan fingerprint density at radius 1 is 1.26 bits per heavy atom. The Morgan fingerprint density at radius 3 is 2.74 bits per heavy atom. The summed E-state index contributed by atoms with van der Waals surface area (Å²) in [6.45, 7) is 4.83. The molecule has 0 aliphatic carbocycles. The summed E-state index contributed by atoms with van der Waals surface area (Å²) in [5, 5.41) is 16.4. The van der Waals surface area contributed by atoms with Crippen molar-refractivity contribution in [1.82, 2.24) is 30.2 Å². The second-order valence-corrected chi connectivity index (χ2v) is 6.60. The van der Waals surface area contributed by atoms with Crippen molar-refractivity contribution in [2.24, 2.45) is 0 Å². The second kappa shape index (κ2) is 9.33. The Bertz CT molecular complexity index is 726. The molecule has 1 amide bonds. The van der Waals surface area contributed by atoms with E-state index < -0.39 is 6.10 Å². The fourth-order valence-corrected chi connectivity index (χ4v) is 2.99. The molecule has 9 heteroatoms. The molecule has 144 valence electrons. The van der Waals surface area contributed by atoms with Gasteiger partial charge in [-0.1, -0.05) is 6.92 Å². The van der Waals surface area contributed by atoms with Gasteiger partial charge in [0, 0.05) is 56.5 Å². The molecule has 1 saturated heterocycles. The molecular weight excluding hydrogens is 346 g/mol. The molecule has 0 radical (unpaired) electrons. The lowest BCUT2D eigenvalue weighted by Gasteiger charge is -2.36. The predicted octanol–water partition coefficient (Wildman–Crippen LogP) is 0.454. The highest BCUT2D eigenvalue weighted by molar-refractivity contribution is 5.92. The van der Waals surface area contributed by atoms with Crippen LogP contribution in [0.5, 0.6) is 0 Å². The monoisotopic (exact) mass is 371 g/mol. The van der Waals surface area contributed by atoms with E-state index in [4.69, 9.17) is 0 Å². The molecule has 9 nitrogen and oxygen atoms in total. The van der Waals surface area contributed by atoms with E-state index in [1.165, 1.54) is 18.6 Å². The third-order valence-corrected chi connectivity index (χ3v) is 4.42. The van der Waals surface area contributed by atoms with Gasteiger partial charge in [-0.3, -0.25) is 14.7 Å². The summed E-state index contributed by atoms with van der Waals surface area (Å²) in [6.07, 6.45) is 9.04. The number of amides is 1. The summed E-state index contributed by atoms with van der Waals surface area (Å²) in [4.78, 5) is 30.8. The van der Waals surface area contributed by atoms with Crippen molar-refractivity contribution in [2.75, 3.05) is 25.0 Å². The maximum atomic E-state index is 12.2. The first kappa shape index (κ1) is 19.1. The second-order valence-electron chi connectivity index (χ2n) is 6.60. The standard InChI is InChI=1S/C18H25N7O2/c1-2-4-21-18-22-8-13(9-23-18)11-25-7-3-14(16(26)12-25)24-17(27)15-10-19-5-6-20-15/h5-6,8-10,14,16,26H,2-4,7,11-12H2,1H3,(H,24,27)(H,21,22,23)/t14-,16-/m1/s1. The number of aliphatic hydroxyl groups is 1. The Hall–Kier alpha value is -2.65. The van der Waals surface area contributed by atoms with E-state index in [1.54, 1.807) is 12.4 Å². The Morgan fingerprint density at radius 2 is 2.07 bits per heavy atom. The first-order valence-corrected chi connectivity index (χ1v) is 9.17. The van der Waals surface area contributed by atoms with Gasteiger partial charge in [-0.25, -0.2) is 15.0 Å². The number of rotatable bonds is 7. The summed E-state index contributed by atoms with van der Waals surface area (Å²) in [6, 6.07) is -0.298. The SMILES string of the molecule is CCCNc1ncc(CN2CC[C@@H](NC(=O)c3cnccn3)[C@H](O)C2)cn1. The third-order valence-electron chi connectivity index (χ3n) is 4.42. The van der Waals surface area contributed by atoms with Crippen LogP contribution in [0.15, 0.2) is 31.0 Å². The minimum absolute atomic E-state index is 0.251. The molecule has 3 heterocycles. The molecule has 0 saturated carbocycles. The lowest BCUT2D eigenvalue weighted by molar-refractivity contribution is 0.0347. The number of β-amino-alcohol motifs (C(OH)–C–C–N with tert-alkyl or cyclic N) is 1. The van der Waals surface area contributed by atoms with Crippen LogP contribution >= 0.6 is 0 Å². The summed E-state index contributed by atoms with van der Waals surface area (Å²) < 4.78 is 0. The van der Waals surface area contributed by atoms with E-state index in [-0.39, 0.29) is 17.6 Å². The molecule has 27 heavy (non-hydrogen) atoms. The van der Waals surface area contributed by atoms with E-state index in [1.807, 2.05) is 0 Å². The summed E-state index contributed by atoms with van der Waals surface area (Å²) in [5.41, 5.74) is 1.24. The molecule has 2 aromatic rings. The van der Waals surface area contributed by atoms with Crippen molar-refractivity contribution in [3.8, 4) is 0 Å². The van der Waals surface area contributed by atoms with Crippen LogP contribution in [0.2, 0.25) is 0 Å². The summed E-state index contributed by atoms with van der Waals surface area (Å²) >= 11 is 0. The van der Waals surface area contributed by atoms with Gasteiger partial charge in [-0.2, -0.15) is 0 Å². The van der Waals surface area contributed by atoms with Crippen LogP contribution in [0.4, 0.5) is 5.95 Å². The Kier molecular flexibility index (Phi) is 6.61. The number of piperidine rings is 1. The van der Waals surface area contributed by atoms with E-state index >= 15 is 0 Å². The molecule has 2 atom stereocenters. The van der Waals surface area contributed by atoms with Crippen LogP contribution in [0.1, 0.15) is 35.8 Å². The number of aliphatic hydroxyl groups excluding tert-OH is 1. The van der Waals surface area contributed by atoms with E-state index in [2.05, 4.69) is 42.4 Å². The smallest absolute Gasteiger partial charge is 0.271 e. The number of nitrogens with one attached hydrogen (secondary N) is 2. The number of likely N-dealkylation sites (tertiary alicyclic amines) is 1. The van der Waals surface area contributed by atoms with Crippen molar-refractivity contribution in [3.63, 3.8) is 0 Å². The van der Waals surface area contributed by atoms with Crippen LogP contribution in [0, 0.1) is 0 Å². The minimum atomic E-state index is -0.647. The highest BCUT2D eigenvalue weighted by Gasteiger charge is 2.29. The van der Waals surface area contributed by atoms with Crippen molar-refractivity contribution in [3.05, 3.63) is 42.2 Å². The summed E-state index contributed by atoms with van der Waals surface area (Å²) in [5.74, 6) is 0.315.